The molecule has 0 bridgehead atoms. The summed E-state index contributed by atoms with van der Waals surface area (Å²) in [6.45, 7) is 1.99. The maximum absolute atomic E-state index is 13.0. The highest BCUT2D eigenvalue weighted by Crippen LogP contribution is 2.22. The Kier molecular flexibility index (Phi) is 4.30. The monoisotopic (exact) mass is 366 g/mol. The lowest BCUT2D eigenvalue weighted by Gasteiger charge is -2.07. The molecule has 2 heterocycles. The molecular formula is C19H15FN4OS. The van der Waals surface area contributed by atoms with Crippen molar-refractivity contribution in [1.29, 1.82) is 0 Å². The minimum absolute atomic E-state index is 0.226. The van der Waals surface area contributed by atoms with E-state index in [9.17, 15) is 9.18 Å². The van der Waals surface area contributed by atoms with E-state index in [0.29, 0.717) is 21.9 Å². The molecule has 0 saturated heterocycles. The predicted octanol–water partition coefficient (Wildman–Crippen LogP) is 3.85. The normalized spacial score (nSPS) is 11.2. The van der Waals surface area contributed by atoms with Crippen LogP contribution in [0.5, 0.6) is 0 Å². The summed E-state index contributed by atoms with van der Waals surface area (Å²) < 4.78 is 14.7. The lowest BCUT2D eigenvalue weighted by molar-refractivity contribution is 0.627. The Labute approximate surface area is 152 Å². The fraction of sp³-hybridized carbons (Fsp3) is 0.105. The molecule has 0 amide bonds. The maximum atomic E-state index is 13.0. The van der Waals surface area contributed by atoms with Gasteiger partial charge >= 0.3 is 0 Å². The molecule has 7 heteroatoms. The first-order chi connectivity index (χ1) is 12.6. The van der Waals surface area contributed by atoms with Crippen LogP contribution in [0.15, 0.2) is 64.7 Å². The maximum Gasteiger partial charge on any atom is 0.262 e. The number of thioether (sulfide) groups is 1. The van der Waals surface area contributed by atoms with Crippen molar-refractivity contribution in [1.82, 2.24) is 19.7 Å². The summed E-state index contributed by atoms with van der Waals surface area (Å²) in [5, 5.41) is 5.29. The minimum Gasteiger partial charge on any atom is -0.301 e. The van der Waals surface area contributed by atoms with E-state index in [4.69, 9.17) is 0 Å². The van der Waals surface area contributed by atoms with E-state index in [2.05, 4.69) is 15.1 Å². The summed E-state index contributed by atoms with van der Waals surface area (Å²) >= 11 is 1.39. The molecule has 0 spiro atoms. The second-order valence-corrected chi connectivity index (χ2v) is 6.83. The van der Waals surface area contributed by atoms with E-state index in [-0.39, 0.29) is 11.4 Å². The van der Waals surface area contributed by atoms with Gasteiger partial charge in [0, 0.05) is 5.75 Å². The zero-order chi connectivity index (χ0) is 18.1. The van der Waals surface area contributed by atoms with Crippen LogP contribution in [0, 0.1) is 12.7 Å². The molecule has 1 N–H and O–H groups in total. The number of benzene rings is 2. The van der Waals surface area contributed by atoms with E-state index in [0.717, 1.165) is 16.8 Å². The first-order valence-electron chi connectivity index (χ1n) is 8.03. The average Bonchev–Trinajstić information content (AvgIpc) is 3.06. The number of hydrogen-bond acceptors (Lipinski definition) is 4. The number of aromatic nitrogens is 4. The molecule has 2 aromatic carbocycles. The van der Waals surface area contributed by atoms with E-state index in [1.807, 2.05) is 31.2 Å². The first-order valence-corrected chi connectivity index (χ1v) is 9.02. The van der Waals surface area contributed by atoms with Gasteiger partial charge in [0.2, 0.25) is 0 Å². The van der Waals surface area contributed by atoms with E-state index in [1.165, 1.54) is 30.1 Å². The molecule has 2 aromatic heterocycles. The van der Waals surface area contributed by atoms with Crippen molar-refractivity contribution in [3.05, 3.63) is 82.0 Å². The third-order valence-electron chi connectivity index (χ3n) is 4.05. The first kappa shape index (κ1) is 16.5. The van der Waals surface area contributed by atoms with Crippen LogP contribution in [0.1, 0.15) is 11.1 Å². The molecule has 130 valence electrons. The molecule has 0 radical (unpaired) electrons. The number of halogens is 1. The lowest BCUT2D eigenvalue weighted by Crippen LogP contribution is -2.10. The van der Waals surface area contributed by atoms with Crippen molar-refractivity contribution in [2.75, 3.05) is 0 Å². The molecule has 0 fully saturated rings. The number of aromatic amines is 1. The van der Waals surface area contributed by atoms with Gasteiger partial charge in [0.15, 0.2) is 10.8 Å². The fourth-order valence-electron chi connectivity index (χ4n) is 2.68. The quantitative estimate of drug-likeness (QED) is 0.440. The molecule has 0 aliphatic heterocycles. The topological polar surface area (TPSA) is 63.6 Å². The zero-order valence-electron chi connectivity index (χ0n) is 13.9. The summed E-state index contributed by atoms with van der Waals surface area (Å²) in [5.41, 5.74) is 3.17. The molecule has 26 heavy (non-hydrogen) atoms. The largest absolute Gasteiger partial charge is 0.301 e. The molecule has 0 unspecified atom stereocenters. The van der Waals surface area contributed by atoms with Crippen molar-refractivity contribution in [2.45, 2.75) is 17.8 Å². The zero-order valence-corrected chi connectivity index (χ0v) is 14.8. The van der Waals surface area contributed by atoms with Crippen molar-refractivity contribution in [2.24, 2.45) is 0 Å². The lowest BCUT2D eigenvalue weighted by atomic mass is 10.2. The van der Waals surface area contributed by atoms with Crippen LogP contribution in [0.4, 0.5) is 4.39 Å². The highest BCUT2D eigenvalue weighted by molar-refractivity contribution is 7.98. The molecule has 0 atom stereocenters. The van der Waals surface area contributed by atoms with Crippen LogP contribution >= 0.6 is 11.8 Å². The van der Waals surface area contributed by atoms with Crippen molar-refractivity contribution >= 4 is 22.8 Å². The van der Waals surface area contributed by atoms with Crippen molar-refractivity contribution in [3.63, 3.8) is 0 Å². The summed E-state index contributed by atoms with van der Waals surface area (Å²) in [6.07, 6.45) is 1.53. The Balaban J connectivity index is 1.71. The van der Waals surface area contributed by atoms with Gasteiger partial charge in [-0.25, -0.2) is 14.1 Å². The molecule has 5 nitrogen and oxygen atoms in total. The molecule has 4 aromatic rings. The van der Waals surface area contributed by atoms with Crippen LogP contribution in [-0.2, 0) is 5.75 Å². The average molecular weight is 366 g/mol. The van der Waals surface area contributed by atoms with Gasteiger partial charge in [-0.2, -0.15) is 5.10 Å². The van der Waals surface area contributed by atoms with Gasteiger partial charge in [-0.15, -0.1) is 0 Å². The third-order valence-corrected chi connectivity index (χ3v) is 4.99. The van der Waals surface area contributed by atoms with E-state index >= 15 is 0 Å². The number of hydrogen-bond donors (Lipinski definition) is 1. The van der Waals surface area contributed by atoms with Gasteiger partial charge in [0.05, 0.1) is 11.9 Å². The van der Waals surface area contributed by atoms with Crippen LogP contribution in [-0.4, -0.2) is 19.7 Å². The van der Waals surface area contributed by atoms with Gasteiger partial charge in [-0.05, 0) is 36.2 Å². The van der Waals surface area contributed by atoms with Gasteiger partial charge in [-0.3, -0.25) is 4.79 Å². The van der Waals surface area contributed by atoms with Crippen LogP contribution < -0.4 is 5.56 Å². The van der Waals surface area contributed by atoms with Gasteiger partial charge < -0.3 is 4.98 Å². The number of nitrogens with zero attached hydrogens (tertiary/aromatic N) is 3. The SMILES string of the molecule is Cc1ccccc1-n1ncc2c(=O)[nH]c(SCc3ccc(F)cc3)nc21. The fourth-order valence-corrected chi connectivity index (χ4v) is 3.49. The Bertz CT molecular complexity index is 1130. The highest BCUT2D eigenvalue weighted by Gasteiger charge is 2.13. The summed E-state index contributed by atoms with van der Waals surface area (Å²) in [7, 11) is 0. The number of fused-ring (bicyclic) bond motifs is 1. The number of nitrogens with one attached hydrogen (secondary N) is 1. The second kappa shape index (κ2) is 6.76. The van der Waals surface area contributed by atoms with Gasteiger partial charge in [0.25, 0.3) is 5.56 Å². The summed E-state index contributed by atoms with van der Waals surface area (Å²) in [4.78, 5) is 19.7. The van der Waals surface area contributed by atoms with Gasteiger partial charge in [0.1, 0.15) is 11.2 Å². The standard InChI is InChI=1S/C19H15FN4OS/c1-12-4-2-3-5-16(12)24-17-15(10-21-24)18(25)23-19(22-17)26-11-13-6-8-14(20)9-7-13/h2-10H,11H2,1H3,(H,22,23,25). The molecule has 4 rings (SSSR count). The van der Waals surface area contributed by atoms with Crippen LogP contribution in [0.2, 0.25) is 0 Å². The number of H-pyrrole nitrogens is 1. The van der Waals surface area contributed by atoms with Crippen molar-refractivity contribution in [3.8, 4) is 5.69 Å². The van der Waals surface area contributed by atoms with E-state index < -0.39 is 0 Å². The van der Waals surface area contributed by atoms with Crippen LogP contribution in [0.3, 0.4) is 0 Å². The van der Waals surface area contributed by atoms with E-state index in [1.54, 1.807) is 16.8 Å². The van der Waals surface area contributed by atoms with Gasteiger partial charge in [-0.1, -0.05) is 42.1 Å². The Morgan fingerprint density at radius 2 is 1.92 bits per heavy atom. The smallest absolute Gasteiger partial charge is 0.262 e. The highest BCUT2D eigenvalue weighted by atomic mass is 32.2. The van der Waals surface area contributed by atoms with Crippen LogP contribution in [0.25, 0.3) is 16.7 Å². The molecule has 0 saturated carbocycles. The number of rotatable bonds is 4. The third kappa shape index (κ3) is 3.13. The Morgan fingerprint density at radius 1 is 1.15 bits per heavy atom. The molecule has 0 aliphatic carbocycles. The Hall–Kier alpha value is -2.93. The van der Waals surface area contributed by atoms with Crippen molar-refractivity contribution < 1.29 is 4.39 Å². The molecular weight excluding hydrogens is 351 g/mol. The second-order valence-electron chi connectivity index (χ2n) is 5.87. The Morgan fingerprint density at radius 3 is 2.69 bits per heavy atom. The predicted molar refractivity (Wildman–Crippen MR) is 100 cm³/mol. The number of aryl methyl sites for hydroxylation is 1. The minimum atomic E-state index is -0.270. The molecule has 0 aliphatic rings. The summed E-state index contributed by atoms with van der Waals surface area (Å²) in [5.74, 6) is 0.307. The summed E-state index contributed by atoms with van der Waals surface area (Å²) in [6, 6.07) is 14.1. The number of para-hydroxylation sites is 1.